The summed E-state index contributed by atoms with van der Waals surface area (Å²) in [5.74, 6) is 4.04. The van der Waals surface area contributed by atoms with E-state index >= 15 is 0 Å². The molecule has 6 aromatic heterocycles. The first kappa shape index (κ1) is 29.7. The summed E-state index contributed by atoms with van der Waals surface area (Å²) in [4.78, 5) is 21.2. The van der Waals surface area contributed by atoms with E-state index < -0.39 is 0 Å². The van der Waals surface area contributed by atoms with Crippen molar-refractivity contribution in [2.24, 2.45) is 0 Å². The maximum absolute atomic E-state index is 6.52. The van der Waals surface area contributed by atoms with Crippen LogP contribution in [0.15, 0.2) is 51.8 Å². The van der Waals surface area contributed by atoms with E-state index in [0.717, 1.165) is 41.9 Å². The number of aromatic nitrogens is 6. The molecule has 0 amide bonds. The highest BCUT2D eigenvalue weighted by Crippen LogP contribution is 2.40. The largest absolute Gasteiger partial charge is 0.486 e. The van der Waals surface area contributed by atoms with Crippen molar-refractivity contribution >= 4 is 83.7 Å². The fourth-order valence-corrected chi connectivity index (χ4v) is 7.41. The van der Waals surface area contributed by atoms with E-state index in [-0.39, 0.29) is 0 Å². The van der Waals surface area contributed by atoms with Crippen LogP contribution in [0.5, 0.6) is 11.5 Å². The molecule has 0 radical (unpaired) electrons. The highest BCUT2D eigenvalue weighted by atomic mass is 35.5. The van der Waals surface area contributed by atoms with Gasteiger partial charge in [0, 0.05) is 28.4 Å². The van der Waals surface area contributed by atoms with Gasteiger partial charge in [-0.25, -0.2) is 19.9 Å². The summed E-state index contributed by atoms with van der Waals surface area (Å²) in [7, 11) is 0. The van der Waals surface area contributed by atoms with E-state index in [1.165, 1.54) is 28.9 Å². The molecule has 0 unspecified atom stereocenters. The molecule has 8 rings (SSSR count). The number of fused-ring (bicyclic) bond motifs is 3. The second kappa shape index (κ2) is 12.4. The molecule has 7 heterocycles. The Morgan fingerprint density at radius 3 is 1.98 bits per heavy atom. The number of hydrogen-bond donors (Lipinski definition) is 1. The molecule has 228 valence electrons. The summed E-state index contributed by atoms with van der Waals surface area (Å²) in [5.41, 5.74) is 1.04. The van der Waals surface area contributed by atoms with E-state index in [9.17, 15) is 0 Å². The Bertz CT molecular complexity index is 2150. The lowest BCUT2D eigenvalue weighted by Gasteiger charge is -2.19. The second-order valence-electron chi connectivity index (χ2n) is 9.62. The molecule has 0 saturated heterocycles. The highest BCUT2D eigenvalue weighted by molar-refractivity contribution is 7.19. The van der Waals surface area contributed by atoms with Crippen molar-refractivity contribution < 1.29 is 18.5 Å². The predicted octanol–water partition coefficient (Wildman–Crippen LogP) is 8.65. The molecular weight excluding hydrogens is 681 g/mol. The quantitative estimate of drug-likeness (QED) is 0.173. The van der Waals surface area contributed by atoms with Gasteiger partial charge in [0.25, 0.3) is 0 Å². The average Bonchev–Trinajstić information content (AvgIpc) is 3.86. The van der Waals surface area contributed by atoms with Crippen molar-refractivity contribution in [3.05, 3.63) is 73.2 Å². The molecule has 7 aromatic rings. The number of nitrogens with zero attached hydrogens (tertiary/aromatic N) is 6. The zero-order valence-corrected chi connectivity index (χ0v) is 27.3. The molecule has 0 spiro atoms. The minimum atomic E-state index is 0.329. The van der Waals surface area contributed by atoms with E-state index in [2.05, 4.69) is 35.6 Å². The van der Waals surface area contributed by atoms with Crippen LogP contribution in [0.2, 0.25) is 15.2 Å². The topological polar surface area (TPSA) is 134 Å². The predicted molar refractivity (Wildman–Crippen MR) is 175 cm³/mol. The molecule has 1 aromatic carbocycles. The Kier molecular flexibility index (Phi) is 8.19. The van der Waals surface area contributed by atoms with Crippen LogP contribution in [0.4, 0.5) is 5.82 Å². The standard InChI is InChI=1S/C19H15ClN4O3S.C10H5Cl2N3OS/c1-10-16(20)15-18(23-17(24-19(15)28-10)13-4-5-22-27-13)21-9-11-2-3-12-14(8-11)26-7-6-25-12;1-4-7(11)6-8(12)14-9(15-10(6)17-4)5-2-3-13-16-5/h2-5,8H,6-7,9H2,1H3,(H,21,23,24);2-3H,1H3. The smallest absolute Gasteiger partial charge is 0.204 e. The van der Waals surface area contributed by atoms with Gasteiger partial charge < -0.3 is 23.8 Å². The maximum atomic E-state index is 6.52. The number of anilines is 1. The zero-order chi connectivity index (χ0) is 31.1. The van der Waals surface area contributed by atoms with Gasteiger partial charge in [0.2, 0.25) is 23.2 Å². The van der Waals surface area contributed by atoms with Crippen molar-refractivity contribution in [3.8, 4) is 34.7 Å². The number of thiophene rings is 2. The Hall–Kier alpha value is -4.01. The first-order valence-electron chi connectivity index (χ1n) is 13.4. The van der Waals surface area contributed by atoms with Crippen LogP contribution >= 0.6 is 57.5 Å². The molecule has 11 nitrogen and oxygen atoms in total. The van der Waals surface area contributed by atoms with Gasteiger partial charge in [-0.05, 0) is 31.5 Å². The third kappa shape index (κ3) is 5.89. The van der Waals surface area contributed by atoms with Gasteiger partial charge in [0.1, 0.15) is 33.8 Å². The Morgan fingerprint density at radius 1 is 0.733 bits per heavy atom. The SMILES string of the molecule is Cc1sc2nc(-c3ccno3)nc(Cl)c2c1Cl.Cc1sc2nc(-c3ccno3)nc(NCc3ccc4c(c3)OCCO4)c2c1Cl. The van der Waals surface area contributed by atoms with Gasteiger partial charge in [0.15, 0.2) is 11.5 Å². The van der Waals surface area contributed by atoms with Gasteiger partial charge in [-0.1, -0.05) is 51.2 Å². The van der Waals surface area contributed by atoms with E-state index in [0.29, 0.717) is 69.3 Å². The zero-order valence-electron chi connectivity index (χ0n) is 23.4. The molecule has 0 saturated carbocycles. The summed E-state index contributed by atoms with van der Waals surface area (Å²) in [6.07, 6.45) is 3.10. The molecule has 1 aliphatic heterocycles. The number of hydrogen-bond acceptors (Lipinski definition) is 13. The number of aryl methyl sites for hydroxylation is 2. The maximum Gasteiger partial charge on any atom is 0.204 e. The molecule has 0 bridgehead atoms. The number of benzene rings is 1. The van der Waals surface area contributed by atoms with Crippen LogP contribution < -0.4 is 14.8 Å². The van der Waals surface area contributed by atoms with Crippen molar-refractivity contribution in [3.63, 3.8) is 0 Å². The van der Waals surface area contributed by atoms with Crippen LogP contribution in [0.3, 0.4) is 0 Å². The Labute approximate surface area is 278 Å². The lowest BCUT2D eigenvalue weighted by Crippen LogP contribution is -2.15. The normalized spacial score (nSPS) is 12.4. The molecule has 1 aliphatic rings. The highest BCUT2D eigenvalue weighted by Gasteiger charge is 2.19. The summed E-state index contributed by atoms with van der Waals surface area (Å²) in [6, 6.07) is 9.30. The number of ether oxygens (including phenoxy) is 2. The van der Waals surface area contributed by atoms with Crippen molar-refractivity contribution in [2.75, 3.05) is 18.5 Å². The third-order valence-electron chi connectivity index (χ3n) is 6.65. The number of rotatable bonds is 5. The minimum absolute atomic E-state index is 0.329. The van der Waals surface area contributed by atoms with E-state index in [1.807, 2.05) is 32.0 Å². The van der Waals surface area contributed by atoms with Crippen LogP contribution in [0.25, 0.3) is 43.6 Å². The molecule has 0 atom stereocenters. The van der Waals surface area contributed by atoms with Gasteiger partial charge in [-0.15, -0.1) is 22.7 Å². The number of nitrogens with one attached hydrogen (secondary N) is 1. The molecule has 45 heavy (non-hydrogen) atoms. The number of halogens is 3. The van der Waals surface area contributed by atoms with E-state index in [4.69, 9.17) is 53.3 Å². The first-order valence-corrected chi connectivity index (χ1v) is 16.2. The van der Waals surface area contributed by atoms with Crippen molar-refractivity contribution in [2.45, 2.75) is 20.4 Å². The molecule has 0 fully saturated rings. The van der Waals surface area contributed by atoms with E-state index in [1.54, 1.807) is 18.3 Å². The van der Waals surface area contributed by atoms with Crippen LogP contribution in [-0.2, 0) is 6.54 Å². The van der Waals surface area contributed by atoms with Crippen LogP contribution in [0, 0.1) is 13.8 Å². The van der Waals surface area contributed by atoms with Crippen LogP contribution in [-0.4, -0.2) is 43.5 Å². The van der Waals surface area contributed by atoms with Crippen LogP contribution in [0.1, 0.15) is 15.3 Å². The Morgan fingerprint density at radius 2 is 1.33 bits per heavy atom. The summed E-state index contributed by atoms with van der Waals surface area (Å²) < 4.78 is 21.5. The first-order chi connectivity index (χ1) is 21.9. The molecule has 0 aliphatic carbocycles. The lowest BCUT2D eigenvalue weighted by atomic mass is 10.2. The average molecular weight is 701 g/mol. The summed E-state index contributed by atoms with van der Waals surface area (Å²) >= 11 is 21.8. The fraction of sp³-hybridized carbons (Fsp3) is 0.172. The Balaban J connectivity index is 0.000000163. The second-order valence-corrected chi connectivity index (χ2v) is 13.1. The molecule has 1 N–H and O–H groups in total. The summed E-state index contributed by atoms with van der Waals surface area (Å²) in [5, 5.41) is 13.8. The fourth-order valence-electron chi connectivity index (χ4n) is 4.51. The minimum Gasteiger partial charge on any atom is -0.486 e. The van der Waals surface area contributed by atoms with Gasteiger partial charge in [-0.2, -0.15) is 0 Å². The van der Waals surface area contributed by atoms with Gasteiger partial charge >= 0.3 is 0 Å². The molecule has 16 heteroatoms. The van der Waals surface area contributed by atoms with Gasteiger partial charge in [0.05, 0.1) is 33.2 Å². The van der Waals surface area contributed by atoms with Crippen molar-refractivity contribution in [1.82, 2.24) is 30.2 Å². The molecular formula is C29H20Cl3N7O4S2. The van der Waals surface area contributed by atoms with Crippen molar-refractivity contribution in [1.29, 1.82) is 0 Å². The monoisotopic (exact) mass is 699 g/mol. The lowest BCUT2D eigenvalue weighted by molar-refractivity contribution is 0.171. The third-order valence-corrected chi connectivity index (χ3v) is 10.1. The van der Waals surface area contributed by atoms with Gasteiger partial charge in [-0.3, -0.25) is 0 Å². The summed E-state index contributed by atoms with van der Waals surface area (Å²) in [6.45, 7) is 5.56.